The largest absolute Gasteiger partial charge is 0.484 e. The van der Waals surface area contributed by atoms with Crippen molar-refractivity contribution in [2.24, 2.45) is 5.92 Å². The highest BCUT2D eigenvalue weighted by Gasteiger charge is 2.34. The van der Waals surface area contributed by atoms with Gasteiger partial charge in [0.1, 0.15) is 11.9 Å². The molecule has 1 aromatic heterocycles. The molecular weight excluding hydrogens is 489 g/mol. The Morgan fingerprint density at radius 2 is 1.65 bits per heavy atom. The van der Waals surface area contributed by atoms with Gasteiger partial charge in [0, 0.05) is 24.2 Å². The van der Waals surface area contributed by atoms with Gasteiger partial charge in [-0.05, 0) is 55.8 Å². The lowest BCUT2D eigenvalue weighted by Gasteiger charge is -2.36. The van der Waals surface area contributed by atoms with E-state index in [-0.39, 0.29) is 6.10 Å². The first kappa shape index (κ1) is 26.3. The van der Waals surface area contributed by atoms with Gasteiger partial charge in [0.25, 0.3) is 0 Å². The molecule has 2 aliphatic rings. The van der Waals surface area contributed by atoms with Crippen LogP contribution in [-0.4, -0.2) is 44.7 Å². The number of ether oxygens (including phenoxy) is 1. The molecule has 2 aliphatic heterocycles. The van der Waals surface area contributed by atoms with Crippen LogP contribution in [-0.2, 0) is 28.9 Å². The fourth-order valence-electron chi connectivity index (χ4n) is 4.82. The number of halogens is 3. The summed E-state index contributed by atoms with van der Waals surface area (Å²) in [5.74, 6) is -2.33. The van der Waals surface area contributed by atoms with E-state index < -0.39 is 23.7 Å². The van der Waals surface area contributed by atoms with Crippen molar-refractivity contribution >= 4 is 11.9 Å². The average molecular weight is 517 g/mol. The van der Waals surface area contributed by atoms with Gasteiger partial charge in [-0.1, -0.05) is 36.4 Å². The highest BCUT2D eigenvalue weighted by Crippen LogP contribution is 2.39. The standard InChI is InChI=1S/C25H25F3N2O.C2H2O4/c26-25(27,28)21-7-3-5-18(15-21)16-29-13-10-19(11-14-29)24-22-8-4-12-30(22)17-20-6-1-2-9-23(20)31-24;3-1(4)2(5)6/h1-9,12,15,19,24H,10-11,13-14,16-17H2;(H,3,4)(H,5,6). The molecule has 10 heteroatoms. The number of rotatable bonds is 3. The van der Waals surface area contributed by atoms with E-state index in [1.165, 1.54) is 23.4 Å². The Hall–Kier alpha value is -3.79. The van der Waals surface area contributed by atoms with Crippen molar-refractivity contribution in [3.63, 3.8) is 0 Å². The van der Waals surface area contributed by atoms with Crippen molar-refractivity contribution in [2.75, 3.05) is 13.1 Å². The second kappa shape index (κ2) is 11.1. The number of fused-ring (bicyclic) bond motifs is 2. The van der Waals surface area contributed by atoms with Gasteiger partial charge in [-0.15, -0.1) is 0 Å². The molecule has 0 radical (unpaired) electrons. The molecule has 1 atom stereocenters. The zero-order valence-corrected chi connectivity index (χ0v) is 19.9. The predicted octanol–water partition coefficient (Wildman–Crippen LogP) is 5.06. The summed E-state index contributed by atoms with van der Waals surface area (Å²) in [5, 5.41) is 14.8. The third kappa shape index (κ3) is 6.51. The molecule has 3 aromatic rings. The summed E-state index contributed by atoms with van der Waals surface area (Å²) in [6.07, 6.45) is -0.287. The van der Waals surface area contributed by atoms with E-state index in [0.29, 0.717) is 18.0 Å². The van der Waals surface area contributed by atoms with Crippen LogP contribution in [0.1, 0.15) is 41.3 Å². The minimum atomic E-state index is -4.30. The van der Waals surface area contributed by atoms with Crippen LogP contribution in [0.15, 0.2) is 66.9 Å². The Morgan fingerprint density at radius 3 is 2.32 bits per heavy atom. The molecule has 2 N–H and O–H groups in total. The highest BCUT2D eigenvalue weighted by atomic mass is 19.4. The summed E-state index contributed by atoms with van der Waals surface area (Å²) in [6, 6.07) is 18.1. The van der Waals surface area contributed by atoms with Gasteiger partial charge in [0.05, 0.1) is 17.8 Å². The summed E-state index contributed by atoms with van der Waals surface area (Å²) in [6.45, 7) is 3.05. The zero-order chi connectivity index (χ0) is 26.6. The van der Waals surface area contributed by atoms with Crippen LogP contribution >= 0.6 is 0 Å². The van der Waals surface area contributed by atoms with E-state index in [1.54, 1.807) is 6.07 Å². The monoisotopic (exact) mass is 516 g/mol. The highest BCUT2D eigenvalue weighted by molar-refractivity contribution is 6.27. The number of hydrogen-bond donors (Lipinski definition) is 2. The van der Waals surface area contributed by atoms with Crippen LogP contribution in [0.5, 0.6) is 5.75 Å². The van der Waals surface area contributed by atoms with Gasteiger partial charge in [0.15, 0.2) is 0 Å². The summed E-state index contributed by atoms with van der Waals surface area (Å²) in [7, 11) is 0. The summed E-state index contributed by atoms with van der Waals surface area (Å²) < 4.78 is 47.8. The SMILES string of the molecule is FC(F)(F)c1cccc(CN2CCC(C3Oc4ccccc4Cn4cccc43)CC2)c1.O=C(O)C(=O)O. The molecule has 0 amide bonds. The van der Waals surface area contributed by atoms with Crippen LogP contribution in [0.4, 0.5) is 13.2 Å². The molecule has 5 rings (SSSR count). The van der Waals surface area contributed by atoms with E-state index in [4.69, 9.17) is 24.5 Å². The molecule has 7 nitrogen and oxygen atoms in total. The molecule has 1 unspecified atom stereocenters. The van der Waals surface area contributed by atoms with Crippen molar-refractivity contribution in [1.82, 2.24) is 9.47 Å². The fraction of sp³-hybridized carbons (Fsp3) is 0.333. The van der Waals surface area contributed by atoms with E-state index in [0.717, 1.165) is 44.3 Å². The van der Waals surface area contributed by atoms with Gasteiger partial charge in [0.2, 0.25) is 0 Å². The molecule has 3 heterocycles. The maximum Gasteiger partial charge on any atom is 0.416 e. The molecule has 2 aromatic carbocycles. The zero-order valence-electron chi connectivity index (χ0n) is 19.9. The van der Waals surface area contributed by atoms with Crippen LogP contribution in [0.2, 0.25) is 0 Å². The number of piperidine rings is 1. The summed E-state index contributed by atoms with van der Waals surface area (Å²) >= 11 is 0. The number of para-hydroxylation sites is 1. The number of carbonyl (C=O) groups is 2. The van der Waals surface area contributed by atoms with Crippen LogP contribution in [0.3, 0.4) is 0 Å². The Balaban J connectivity index is 0.000000480. The average Bonchev–Trinajstić information content (AvgIpc) is 3.25. The van der Waals surface area contributed by atoms with Crippen LogP contribution in [0.25, 0.3) is 0 Å². The van der Waals surface area contributed by atoms with Gasteiger partial charge >= 0.3 is 18.1 Å². The van der Waals surface area contributed by atoms with Crippen molar-refractivity contribution in [3.05, 3.63) is 89.2 Å². The Labute approximate surface area is 211 Å². The number of aromatic nitrogens is 1. The molecule has 0 spiro atoms. The number of hydrogen-bond acceptors (Lipinski definition) is 4. The van der Waals surface area contributed by atoms with Gasteiger partial charge < -0.3 is 19.5 Å². The van der Waals surface area contributed by atoms with Crippen molar-refractivity contribution in [1.29, 1.82) is 0 Å². The molecule has 1 saturated heterocycles. The Bertz CT molecular complexity index is 1240. The number of likely N-dealkylation sites (tertiary alicyclic amines) is 1. The molecular formula is C27H27F3N2O5. The third-order valence-corrected chi connectivity index (χ3v) is 6.63. The first-order chi connectivity index (χ1) is 17.6. The Morgan fingerprint density at radius 1 is 0.946 bits per heavy atom. The lowest BCUT2D eigenvalue weighted by molar-refractivity contribution is -0.159. The third-order valence-electron chi connectivity index (χ3n) is 6.63. The van der Waals surface area contributed by atoms with Crippen molar-refractivity contribution < 1.29 is 37.7 Å². The quantitative estimate of drug-likeness (QED) is 0.473. The minimum absolute atomic E-state index is 0.00522. The number of carboxylic acid groups (broad SMARTS) is 2. The molecule has 1 fully saturated rings. The molecule has 0 saturated carbocycles. The normalized spacial score (nSPS) is 17.9. The molecule has 196 valence electrons. The predicted molar refractivity (Wildman–Crippen MR) is 128 cm³/mol. The van der Waals surface area contributed by atoms with Gasteiger partial charge in [-0.3, -0.25) is 4.90 Å². The van der Waals surface area contributed by atoms with Crippen molar-refractivity contribution in [2.45, 2.75) is 38.2 Å². The second-order valence-corrected chi connectivity index (χ2v) is 9.13. The maximum absolute atomic E-state index is 13.0. The van der Waals surface area contributed by atoms with E-state index in [2.05, 4.69) is 33.9 Å². The number of aliphatic carboxylic acids is 2. The lowest BCUT2D eigenvalue weighted by Crippen LogP contribution is -2.36. The molecule has 37 heavy (non-hydrogen) atoms. The topological polar surface area (TPSA) is 92.0 Å². The smallest absolute Gasteiger partial charge is 0.416 e. The molecule has 0 bridgehead atoms. The minimum Gasteiger partial charge on any atom is -0.484 e. The molecule has 0 aliphatic carbocycles. The summed E-state index contributed by atoms with van der Waals surface area (Å²) in [5.41, 5.74) is 2.52. The first-order valence-corrected chi connectivity index (χ1v) is 11.9. The number of nitrogens with zero attached hydrogens (tertiary/aromatic N) is 2. The van der Waals surface area contributed by atoms with Gasteiger partial charge in [-0.2, -0.15) is 13.2 Å². The fourth-order valence-corrected chi connectivity index (χ4v) is 4.82. The number of benzene rings is 2. The van der Waals surface area contributed by atoms with Crippen LogP contribution < -0.4 is 4.74 Å². The number of carboxylic acids is 2. The van der Waals surface area contributed by atoms with Gasteiger partial charge in [-0.25, -0.2) is 9.59 Å². The van der Waals surface area contributed by atoms with E-state index in [1.807, 2.05) is 18.2 Å². The Kier molecular flexibility index (Phi) is 7.87. The van der Waals surface area contributed by atoms with Crippen LogP contribution in [0, 0.1) is 5.92 Å². The second-order valence-electron chi connectivity index (χ2n) is 9.13. The number of alkyl halides is 3. The lowest BCUT2D eigenvalue weighted by atomic mass is 9.89. The summed E-state index contributed by atoms with van der Waals surface area (Å²) in [4.78, 5) is 20.4. The first-order valence-electron chi connectivity index (χ1n) is 11.9. The van der Waals surface area contributed by atoms with E-state index >= 15 is 0 Å². The maximum atomic E-state index is 13.0. The van der Waals surface area contributed by atoms with Crippen molar-refractivity contribution in [3.8, 4) is 5.75 Å². The van der Waals surface area contributed by atoms with E-state index in [9.17, 15) is 13.2 Å².